The standard InChI is InChI=1S/C17H16Cl2N2O3S/c18-13-7-14(19)9-16(8-13)25(23,24)20-10-11-1-5-15(6-2-11)21-17(22)12-3-4-12/h1-2,5-9,12,20H,3-4,10H2,(H,21,22). The Balaban J connectivity index is 1.63. The summed E-state index contributed by atoms with van der Waals surface area (Å²) in [6.45, 7) is 0.114. The summed E-state index contributed by atoms with van der Waals surface area (Å²) in [7, 11) is -3.72. The fourth-order valence-corrected chi connectivity index (χ4v) is 3.98. The van der Waals surface area contributed by atoms with Gasteiger partial charge in [-0.1, -0.05) is 35.3 Å². The lowest BCUT2D eigenvalue weighted by Crippen LogP contribution is -2.23. The van der Waals surface area contributed by atoms with Gasteiger partial charge in [0.05, 0.1) is 4.90 Å². The molecule has 0 atom stereocenters. The first-order valence-electron chi connectivity index (χ1n) is 7.69. The fraction of sp³-hybridized carbons (Fsp3) is 0.235. The highest BCUT2D eigenvalue weighted by molar-refractivity contribution is 7.89. The molecule has 1 saturated carbocycles. The van der Waals surface area contributed by atoms with Gasteiger partial charge in [0, 0.05) is 28.2 Å². The van der Waals surface area contributed by atoms with E-state index in [1.54, 1.807) is 24.3 Å². The van der Waals surface area contributed by atoms with Crippen LogP contribution in [0, 0.1) is 5.92 Å². The lowest BCUT2D eigenvalue weighted by molar-refractivity contribution is -0.117. The van der Waals surface area contributed by atoms with Crippen LogP contribution in [-0.2, 0) is 21.4 Å². The zero-order chi connectivity index (χ0) is 18.0. The maximum Gasteiger partial charge on any atom is 0.240 e. The van der Waals surface area contributed by atoms with Crippen LogP contribution in [0.1, 0.15) is 18.4 Å². The molecule has 0 spiro atoms. The number of benzene rings is 2. The molecule has 1 amide bonds. The summed E-state index contributed by atoms with van der Waals surface area (Å²) in [6, 6.07) is 11.2. The highest BCUT2D eigenvalue weighted by Crippen LogP contribution is 2.30. The van der Waals surface area contributed by atoms with E-state index in [1.165, 1.54) is 18.2 Å². The van der Waals surface area contributed by atoms with E-state index in [4.69, 9.17) is 23.2 Å². The second kappa shape index (κ2) is 7.33. The molecule has 0 radical (unpaired) electrons. The molecule has 0 aliphatic heterocycles. The molecule has 5 nitrogen and oxygen atoms in total. The highest BCUT2D eigenvalue weighted by Gasteiger charge is 2.29. The molecule has 2 N–H and O–H groups in total. The molecule has 1 aliphatic rings. The molecule has 3 rings (SSSR count). The quantitative estimate of drug-likeness (QED) is 0.776. The first-order chi connectivity index (χ1) is 11.8. The van der Waals surface area contributed by atoms with E-state index >= 15 is 0 Å². The molecule has 2 aromatic rings. The van der Waals surface area contributed by atoms with Crippen molar-refractivity contribution in [3.8, 4) is 0 Å². The van der Waals surface area contributed by atoms with Crippen LogP contribution in [0.3, 0.4) is 0 Å². The van der Waals surface area contributed by atoms with Gasteiger partial charge in [0.2, 0.25) is 15.9 Å². The average molecular weight is 399 g/mol. The Kier molecular flexibility index (Phi) is 5.34. The van der Waals surface area contributed by atoms with Gasteiger partial charge in [-0.05, 0) is 48.7 Å². The normalized spacial score (nSPS) is 14.3. The van der Waals surface area contributed by atoms with Gasteiger partial charge in [-0.3, -0.25) is 4.79 Å². The topological polar surface area (TPSA) is 75.3 Å². The number of carbonyl (C=O) groups excluding carboxylic acids is 1. The Morgan fingerprint density at radius 3 is 2.20 bits per heavy atom. The van der Waals surface area contributed by atoms with E-state index in [2.05, 4.69) is 10.0 Å². The van der Waals surface area contributed by atoms with E-state index in [1.807, 2.05) is 0 Å². The summed E-state index contributed by atoms with van der Waals surface area (Å²) in [5, 5.41) is 3.34. The molecule has 0 unspecified atom stereocenters. The van der Waals surface area contributed by atoms with Crippen molar-refractivity contribution in [3.63, 3.8) is 0 Å². The largest absolute Gasteiger partial charge is 0.326 e. The van der Waals surface area contributed by atoms with Crippen molar-refractivity contribution in [1.82, 2.24) is 4.72 Å². The number of sulfonamides is 1. The molecule has 8 heteroatoms. The second-order valence-electron chi connectivity index (χ2n) is 5.89. The van der Waals surface area contributed by atoms with Gasteiger partial charge in [0.25, 0.3) is 0 Å². The van der Waals surface area contributed by atoms with Crippen molar-refractivity contribution in [2.45, 2.75) is 24.3 Å². The summed E-state index contributed by atoms with van der Waals surface area (Å²) in [6.07, 6.45) is 1.89. The summed E-state index contributed by atoms with van der Waals surface area (Å²) in [5.41, 5.74) is 1.46. The first-order valence-corrected chi connectivity index (χ1v) is 9.93. The molecule has 0 saturated heterocycles. The zero-order valence-corrected chi connectivity index (χ0v) is 15.5. The molecular weight excluding hydrogens is 383 g/mol. The smallest absolute Gasteiger partial charge is 0.240 e. The van der Waals surface area contributed by atoms with Crippen LogP contribution in [0.15, 0.2) is 47.4 Å². The Morgan fingerprint density at radius 2 is 1.64 bits per heavy atom. The van der Waals surface area contributed by atoms with Crippen LogP contribution in [-0.4, -0.2) is 14.3 Å². The fourth-order valence-electron chi connectivity index (χ4n) is 2.24. The van der Waals surface area contributed by atoms with E-state index in [0.29, 0.717) is 5.69 Å². The van der Waals surface area contributed by atoms with Crippen LogP contribution >= 0.6 is 23.2 Å². The highest BCUT2D eigenvalue weighted by atomic mass is 35.5. The SMILES string of the molecule is O=C(Nc1ccc(CNS(=O)(=O)c2cc(Cl)cc(Cl)c2)cc1)C1CC1. The third kappa shape index (κ3) is 4.95. The van der Waals surface area contributed by atoms with Crippen LogP contribution in [0.4, 0.5) is 5.69 Å². The van der Waals surface area contributed by atoms with Crippen LogP contribution in [0.5, 0.6) is 0 Å². The number of rotatable bonds is 6. The van der Waals surface area contributed by atoms with Crippen LogP contribution in [0.2, 0.25) is 10.0 Å². The van der Waals surface area contributed by atoms with E-state index < -0.39 is 10.0 Å². The number of hydrogen-bond donors (Lipinski definition) is 2. The Labute approximate surface area is 156 Å². The number of amides is 1. The molecule has 0 bridgehead atoms. The maximum atomic E-state index is 12.3. The average Bonchev–Trinajstić information content (AvgIpc) is 3.38. The summed E-state index contributed by atoms with van der Waals surface area (Å²) in [4.78, 5) is 11.7. The van der Waals surface area contributed by atoms with Gasteiger partial charge in [0.15, 0.2) is 0 Å². The molecule has 1 aliphatic carbocycles. The predicted octanol–water partition coefficient (Wildman–Crippen LogP) is 3.82. The number of carbonyl (C=O) groups is 1. The molecule has 132 valence electrons. The number of anilines is 1. The zero-order valence-electron chi connectivity index (χ0n) is 13.1. The molecule has 1 fully saturated rings. The van der Waals surface area contributed by atoms with E-state index in [0.717, 1.165) is 18.4 Å². The Hall–Kier alpha value is -1.60. The summed E-state index contributed by atoms with van der Waals surface area (Å²) in [5.74, 6) is 0.169. The third-order valence-corrected chi connectivity index (χ3v) is 5.60. The molecule has 0 heterocycles. The van der Waals surface area contributed by atoms with Crippen molar-refractivity contribution in [3.05, 3.63) is 58.1 Å². The third-order valence-electron chi connectivity index (χ3n) is 3.78. The lowest BCUT2D eigenvalue weighted by Gasteiger charge is -2.09. The van der Waals surface area contributed by atoms with Gasteiger partial charge >= 0.3 is 0 Å². The Bertz CT molecular complexity index is 874. The van der Waals surface area contributed by atoms with Crippen molar-refractivity contribution >= 4 is 44.8 Å². The van der Waals surface area contributed by atoms with Crippen molar-refractivity contribution in [1.29, 1.82) is 0 Å². The predicted molar refractivity (Wildman–Crippen MR) is 98.3 cm³/mol. The van der Waals surface area contributed by atoms with Gasteiger partial charge in [-0.15, -0.1) is 0 Å². The first kappa shape index (κ1) is 18.2. The number of halogens is 2. The summed E-state index contributed by atoms with van der Waals surface area (Å²) < 4.78 is 27.1. The monoisotopic (exact) mass is 398 g/mol. The minimum absolute atomic E-state index is 0.0123. The minimum Gasteiger partial charge on any atom is -0.326 e. The molecule has 25 heavy (non-hydrogen) atoms. The maximum absolute atomic E-state index is 12.3. The van der Waals surface area contributed by atoms with Crippen molar-refractivity contribution in [2.24, 2.45) is 5.92 Å². The molecule has 0 aromatic heterocycles. The van der Waals surface area contributed by atoms with Gasteiger partial charge in [-0.25, -0.2) is 13.1 Å². The minimum atomic E-state index is -3.72. The second-order valence-corrected chi connectivity index (χ2v) is 8.53. The van der Waals surface area contributed by atoms with Gasteiger partial charge < -0.3 is 5.32 Å². The van der Waals surface area contributed by atoms with Gasteiger partial charge in [0.1, 0.15) is 0 Å². The van der Waals surface area contributed by atoms with Gasteiger partial charge in [-0.2, -0.15) is 0 Å². The van der Waals surface area contributed by atoms with E-state index in [-0.39, 0.29) is 33.3 Å². The van der Waals surface area contributed by atoms with Crippen LogP contribution in [0.25, 0.3) is 0 Å². The van der Waals surface area contributed by atoms with E-state index in [9.17, 15) is 13.2 Å². The number of hydrogen-bond acceptors (Lipinski definition) is 3. The Morgan fingerprint density at radius 1 is 1.04 bits per heavy atom. The van der Waals surface area contributed by atoms with Crippen molar-refractivity contribution in [2.75, 3.05) is 5.32 Å². The molecular formula is C17H16Cl2N2O3S. The molecule has 2 aromatic carbocycles. The summed E-state index contributed by atoms with van der Waals surface area (Å²) >= 11 is 11.7. The van der Waals surface area contributed by atoms with Crippen molar-refractivity contribution < 1.29 is 13.2 Å². The number of nitrogens with one attached hydrogen (secondary N) is 2. The lowest BCUT2D eigenvalue weighted by atomic mass is 10.2. The van der Waals surface area contributed by atoms with Crippen LogP contribution < -0.4 is 10.0 Å².